The SMILES string of the molecule is Brc1cccc(-c2c3ccccc3c(-c3ccccc3)c3ccccc23)c1.CC1(C)OB(c2cccc(-c3c4ccccc4c(-c4ccccc4)c4ccccc34)c2)OC1(C)C. The van der Waals surface area contributed by atoms with E-state index >= 15 is 0 Å². The normalized spacial score (nSPS) is 14.3. The van der Waals surface area contributed by atoms with Crippen LogP contribution in [0.1, 0.15) is 27.7 Å². The summed E-state index contributed by atoms with van der Waals surface area (Å²) in [5, 5.41) is 10.2. The Balaban J connectivity index is 0.000000153. The van der Waals surface area contributed by atoms with Crippen molar-refractivity contribution in [3.8, 4) is 44.5 Å². The van der Waals surface area contributed by atoms with Gasteiger partial charge in [0.15, 0.2) is 0 Å². The van der Waals surface area contributed by atoms with Crippen molar-refractivity contribution < 1.29 is 9.31 Å². The first-order valence-electron chi connectivity index (χ1n) is 21.4. The summed E-state index contributed by atoms with van der Waals surface area (Å²) < 4.78 is 13.8. The van der Waals surface area contributed by atoms with Crippen LogP contribution in [-0.4, -0.2) is 18.3 Å². The summed E-state index contributed by atoms with van der Waals surface area (Å²) in [7, 11) is -0.388. The topological polar surface area (TPSA) is 18.5 Å². The van der Waals surface area contributed by atoms with Crippen LogP contribution in [0.5, 0.6) is 0 Å². The van der Waals surface area contributed by atoms with Gasteiger partial charge in [-0.3, -0.25) is 0 Å². The van der Waals surface area contributed by atoms with E-state index in [0.717, 1.165) is 9.94 Å². The van der Waals surface area contributed by atoms with Gasteiger partial charge in [0.05, 0.1) is 11.2 Å². The molecule has 0 radical (unpaired) electrons. The fourth-order valence-electron chi connectivity index (χ4n) is 9.17. The van der Waals surface area contributed by atoms with E-state index in [-0.39, 0.29) is 18.3 Å². The Bertz CT molecular complexity index is 3140. The number of hydrogen-bond acceptors (Lipinski definition) is 2. The van der Waals surface area contributed by atoms with Gasteiger partial charge in [-0.15, -0.1) is 0 Å². The molecule has 1 fully saturated rings. The fourth-order valence-corrected chi connectivity index (χ4v) is 9.57. The molecule has 1 aliphatic rings. The van der Waals surface area contributed by atoms with Crippen molar-refractivity contribution in [2.24, 2.45) is 0 Å². The third-order valence-corrected chi connectivity index (χ3v) is 13.3. The van der Waals surface area contributed by atoms with Crippen molar-refractivity contribution >= 4 is 71.6 Å². The molecule has 0 saturated carbocycles. The molecule has 10 aromatic carbocycles. The van der Waals surface area contributed by atoms with Crippen LogP contribution in [0, 0.1) is 0 Å². The summed E-state index contributed by atoms with van der Waals surface area (Å²) in [6.45, 7) is 8.39. The zero-order valence-corrected chi connectivity index (χ0v) is 37.0. The minimum atomic E-state index is -0.388. The molecule has 1 saturated heterocycles. The van der Waals surface area contributed by atoms with Crippen LogP contribution in [0.2, 0.25) is 0 Å². The number of halogens is 1. The van der Waals surface area contributed by atoms with Crippen molar-refractivity contribution in [2.45, 2.75) is 38.9 Å². The van der Waals surface area contributed by atoms with E-state index < -0.39 is 0 Å². The lowest BCUT2D eigenvalue weighted by molar-refractivity contribution is 0.00578. The molecule has 0 unspecified atom stereocenters. The Kier molecular flexibility index (Phi) is 10.4. The summed E-state index contributed by atoms with van der Waals surface area (Å²) in [6.07, 6.45) is 0. The van der Waals surface area contributed by atoms with Crippen molar-refractivity contribution in [1.82, 2.24) is 0 Å². The fraction of sp³-hybridized carbons (Fsp3) is 0.103. The Morgan fingerprint density at radius 2 is 0.613 bits per heavy atom. The molecular weight excluding hydrogens is 819 g/mol. The van der Waals surface area contributed by atoms with Gasteiger partial charge in [0.1, 0.15) is 0 Å². The predicted molar refractivity (Wildman–Crippen MR) is 268 cm³/mol. The van der Waals surface area contributed by atoms with Crippen LogP contribution in [0.3, 0.4) is 0 Å². The molecule has 1 aliphatic heterocycles. The lowest BCUT2D eigenvalue weighted by Gasteiger charge is -2.32. The minimum Gasteiger partial charge on any atom is -0.399 e. The van der Waals surface area contributed by atoms with Gasteiger partial charge in [0, 0.05) is 4.47 Å². The van der Waals surface area contributed by atoms with Crippen molar-refractivity contribution in [3.05, 3.63) is 211 Å². The molecule has 0 bridgehead atoms. The number of rotatable bonds is 5. The molecule has 0 atom stereocenters. The highest BCUT2D eigenvalue weighted by atomic mass is 79.9. The number of benzene rings is 10. The van der Waals surface area contributed by atoms with Crippen LogP contribution in [-0.2, 0) is 9.31 Å². The highest BCUT2D eigenvalue weighted by molar-refractivity contribution is 9.10. The zero-order valence-electron chi connectivity index (χ0n) is 35.4. The van der Waals surface area contributed by atoms with E-state index in [1.807, 2.05) is 0 Å². The van der Waals surface area contributed by atoms with Gasteiger partial charge in [0.25, 0.3) is 0 Å². The zero-order chi connectivity index (χ0) is 42.4. The van der Waals surface area contributed by atoms with E-state index in [1.165, 1.54) is 87.6 Å². The Hall–Kier alpha value is -6.30. The molecule has 0 spiro atoms. The number of hydrogen-bond donors (Lipinski definition) is 0. The molecule has 0 aromatic heterocycles. The van der Waals surface area contributed by atoms with E-state index in [2.05, 4.69) is 250 Å². The molecule has 1 heterocycles. The summed E-state index contributed by atoms with van der Waals surface area (Å²) >= 11 is 3.64. The largest absolute Gasteiger partial charge is 0.494 e. The number of fused-ring (bicyclic) bond motifs is 4. The van der Waals surface area contributed by atoms with E-state index in [1.54, 1.807) is 0 Å². The average molecular weight is 866 g/mol. The quantitative estimate of drug-likeness (QED) is 0.127. The highest BCUT2D eigenvalue weighted by Crippen LogP contribution is 2.45. The third kappa shape index (κ3) is 7.12. The van der Waals surface area contributed by atoms with Gasteiger partial charge >= 0.3 is 7.12 Å². The van der Waals surface area contributed by atoms with Crippen LogP contribution in [0.25, 0.3) is 87.6 Å². The molecule has 0 N–H and O–H groups in total. The monoisotopic (exact) mass is 864 g/mol. The maximum absolute atomic E-state index is 6.37. The van der Waals surface area contributed by atoms with Gasteiger partial charge in [-0.05, 0) is 133 Å². The Morgan fingerprint density at radius 1 is 0.323 bits per heavy atom. The van der Waals surface area contributed by atoms with Gasteiger partial charge in [-0.2, -0.15) is 0 Å². The molecule has 4 heteroatoms. The van der Waals surface area contributed by atoms with Crippen LogP contribution < -0.4 is 5.46 Å². The molecule has 0 aliphatic carbocycles. The van der Waals surface area contributed by atoms with Crippen molar-refractivity contribution in [3.63, 3.8) is 0 Å². The lowest BCUT2D eigenvalue weighted by atomic mass is 9.77. The average Bonchev–Trinajstić information content (AvgIpc) is 3.53. The maximum atomic E-state index is 6.37. The van der Waals surface area contributed by atoms with Crippen LogP contribution in [0.15, 0.2) is 211 Å². The van der Waals surface area contributed by atoms with Crippen molar-refractivity contribution in [2.75, 3.05) is 0 Å². The Labute approximate surface area is 373 Å². The molecule has 11 rings (SSSR count). The standard InChI is InChI=1S/C32H29BO2.C26H17Br/c1-31(2)32(3,4)35-33(34-31)24-16-12-15-23(21-24)30-27-19-10-8-17-25(27)29(22-13-6-5-7-14-22)26-18-9-11-20-28(26)30;27-20-12-8-11-19(17-20)26-23-15-6-4-13-21(23)25(18-9-2-1-3-10-18)22-14-5-7-16-24(22)26/h5-21H,1-4H3;1-17H. The van der Waals surface area contributed by atoms with Crippen LogP contribution in [0.4, 0.5) is 0 Å². The molecule has 10 aromatic rings. The van der Waals surface area contributed by atoms with Gasteiger partial charge in [-0.25, -0.2) is 0 Å². The molecule has 2 nitrogen and oxygen atoms in total. The molecular formula is C58H46BBrO2. The van der Waals surface area contributed by atoms with Crippen LogP contribution >= 0.6 is 15.9 Å². The summed E-state index contributed by atoms with van der Waals surface area (Å²) in [5.74, 6) is 0. The highest BCUT2D eigenvalue weighted by Gasteiger charge is 2.51. The maximum Gasteiger partial charge on any atom is 0.494 e. The second-order valence-electron chi connectivity index (χ2n) is 17.1. The second-order valence-corrected chi connectivity index (χ2v) is 18.1. The summed E-state index contributed by atoms with van der Waals surface area (Å²) in [5.41, 5.74) is 10.3. The summed E-state index contributed by atoms with van der Waals surface area (Å²) in [6, 6.07) is 73.6. The van der Waals surface area contributed by atoms with Crippen molar-refractivity contribution in [1.29, 1.82) is 0 Å². The lowest BCUT2D eigenvalue weighted by Crippen LogP contribution is -2.41. The van der Waals surface area contributed by atoms with Gasteiger partial charge in [0.2, 0.25) is 0 Å². The Morgan fingerprint density at radius 3 is 0.968 bits per heavy atom. The molecule has 300 valence electrons. The summed E-state index contributed by atoms with van der Waals surface area (Å²) in [4.78, 5) is 0. The smallest absolute Gasteiger partial charge is 0.399 e. The van der Waals surface area contributed by atoms with E-state index in [0.29, 0.717) is 0 Å². The second kappa shape index (κ2) is 16.2. The van der Waals surface area contributed by atoms with Gasteiger partial charge in [-0.1, -0.05) is 210 Å². The molecule has 0 amide bonds. The molecule has 62 heavy (non-hydrogen) atoms. The third-order valence-electron chi connectivity index (χ3n) is 12.8. The predicted octanol–water partition coefficient (Wildman–Crippen LogP) is 15.7. The first-order valence-corrected chi connectivity index (χ1v) is 22.2. The first kappa shape index (κ1) is 39.8. The minimum absolute atomic E-state index is 0.371. The first-order chi connectivity index (χ1) is 30.2. The van der Waals surface area contributed by atoms with E-state index in [9.17, 15) is 0 Å². The van der Waals surface area contributed by atoms with E-state index in [4.69, 9.17) is 9.31 Å². The van der Waals surface area contributed by atoms with Gasteiger partial charge < -0.3 is 9.31 Å².